The van der Waals surface area contributed by atoms with E-state index in [-0.39, 0.29) is 17.6 Å². The molecule has 2 rings (SSSR count). The summed E-state index contributed by atoms with van der Waals surface area (Å²) in [5.74, 6) is 1.38. The van der Waals surface area contributed by atoms with Gasteiger partial charge >= 0.3 is 5.63 Å². The molecule has 1 aromatic carbocycles. The van der Waals surface area contributed by atoms with Crippen LogP contribution in [0.2, 0.25) is 0 Å². The van der Waals surface area contributed by atoms with Gasteiger partial charge in [0.1, 0.15) is 11.3 Å². The van der Waals surface area contributed by atoms with E-state index >= 15 is 0 Å². The van der Waals surface area contributed by atoms with Crippen LogP contribution in [0.25, 0.3) is 11.0 Å². The average Bonchev–Trinajstić information content (AvgIpc) is 2.58. The van der Waals surface area contributed by atoms with Crippen molar-refractivity contribution in [2.45, 2.75) is 65.8 Å². The standard InChI is InChI=1S/C22H31NO4/c1-14(2)7-6-8-16(4)23-21(24)10-9-17-12-18-15(3)11-22(25)27-20(18)13-19(17)26-5/h11-14,16H,6-10H2,1-5H3,(H,23,24). The SMILES string of the molecule is COc1cc2oc(=O)cc(C)c2cc1CCC(=O)NC(C)CCCC(C)C. The zero-order chi connectivity index (χ0) is 20.0. The van der Waals surface area contributed by atoms with Crippen LogP contribution >= 0.6 is 0 Å². The Kier molecular flexibility index (Phi) is 7.45. The summed E-state index contributed by atoms with van der Waals surface area (Å²) in [7, 11) is 1.58. The molecule has 0 radical (unpaired) electrons. The number of hydrogen-bond acceptors (Lipinski definition) is 4. The first-order valence-corrected chi connectivity index (χ1v) is 9.71. The van der Waals surface area contributed by atoms with E-state index in [1.165, 1.54) is 12.5 Å². The maximum absolute atomic E-state index is 12.3. The van der Waals surface area contributed by atoms with Gasteiger partial charge in [-0.05, 0) is 49.8 Å². The Balaban J connectivity index is 2.01. The Morgan fingerprint density at radius 3 is 2.59 bits per heavy atom. The highest BCUT2D eigenvalue weighted by Crippen LogP contribution is 2.28. The lowest BCUT2D eigenvalue weighted by molar-refractivity contribution is -0.121. The molecule has 1 amide bonds. The van der Waals surface area contributed by atoms with Crippen molar-refractivity contribution >= 4 is 16.9 Å². The fourth-order valence-electron chi connectivity index (χ4n) is 3.28. The van der Waals surface area contributed by atoms with Crippen LogP contribution in [-0.2, 0) is 11.2 Å². The van der Waals surface area contributed by atoms with Gasteiger partial charge in [0, 0.05) is 30.0 Å². The fraction of sp³-hybridized carbons (Fsp3) is 0.545. The quantitative estimate of drug-likeness (QED) is 0.663. The van der Waals surface area contributed by atoms with Crippen LogP contribution < -0.4 is 15.7 Å². The van der Waals surface area contributed by atoms with Crippen molar-refractivity contribution in [2.75, 3.05) is 7.11 Å². The summed E-state index contributed by atoms with van der Waals surface area (Å²) in [6.07, 6.45) is 4.28. The highest BCUT2D eigenvalue weighted by molar-refractivity contribution is 5.83. The third-order valence-electron chi connectivity index (χ3n) is 4.80. The number of ether oxygens (including phenoxy) is 1. The van der Waals surface area contributed by atoms with Crippen LogP contribution in [0.15, 0.2) is 27.4 Å². The summed E-state index contributed by atoms with van der Waals surface area (Å²) in [6, 6.07) is 5.34. The van der Waals surface area contributed by atoms with Gasteiger partial charge in [0.05, 0.1) is 7.11 Å². The van der Waals surface area contributed by atoms with Crippen molar-refractivity contribution < 1.29 is 13.9 Å². The first-order chi connectivity index (χ1) is 12.8. The van der Waals surface area contributed by atoms with Gasteiger partial charge in [0.15, 0.2) is 0 Å². The van der Waals surface area contributed by atoms with E-state index < -0.39 is 0 Å². The minimum absolute atomic E-state index is 0.0468. The molecule has 0 spiro atoms. The summed E-state index contributed by atoms with van der Waals surface area (Å²) >= 11 is 0. The number of nitrogens with one attached hydrogen (secondary N) is 1. The van der Waals surface area contributed by atoms with Gasteiger partial charge in [0.25, 0.3) is 0 Å². The van der Waals surface area contributed by atoms with Crippen LogP contribution in [0.4, 0.5) is 0 Å². The van der Waals surface area contributed by atoms with E-state index in [0.717, 1.165) is 29.4 Å². The molecular formula is C22H31NO4. The molecule has 1 atom stereocenters. The number of carbonyl (C=O) groups excluding carboxylic acids is 1. The molecule has 0 saturated heterocycles. The topological polar surface area (TPSA) is 68.5 Å². The highest BCUT2D eigenvalue weighted by Gasteiger charge is 2.13. The van der Waals surface area contributed by atoms with Crippen LogP contribution in [0.1, 0.15) is 57.6 Å². The molecule has 5 heteroatoms. The molecular weight excluding hydrogens is 342 g/mol. The second-order valence-electron chi connectivity index (χ2n) is 7.70. The van der Waals surface area contributed by atoms with Crippen molar-refractivity contribution in [1.29, 1.82) is 0 Å². The lowest BCUT2D eigenvalue weighted by Crippen LogP contribution is -2.32. The Bertz CT molecular complexity index is 838. The van der Waals surface area contributed by atoms with E-state index in [1.54, 1.807) is 13.2 Å². The van der Waals surface area contributed by atoms with Crippen molar-refractivity contribution in [3.05, 3.63) is 39.7 Å². The molecule has 0 bridgehead atoms. The van der Waals surface area contributed by atoms with E-state index in [0.29, 0.717) is 30.1 Å². The van der Waals surface area contributed by atoms with E-state index in [9.17, 15) is 9.59 Å². The second kappa shape index (κ2) is 9.58. The molecule has 0 aliphatic carbocycles. The average molecular weight is 373 g/mol. The molecule has 0 aliphatic heterocycles. The molecule has 1 N–H and O–H groups in total. The first kappa shape index (κ1) is 21.0. The van der Waals surface area contributed by atoms with Crippen LogP contribution in [-0.4, -0.2) is 19.1 Å². The van der Waals surface area contributed by atoms with Gasteiger partial charge in [-0.1, -0.05) is 26.7 Å². The highest BCUT2D eigenvalue weighted by atomic mass is 16.5. The van der Waals surface area contributed by atoms with Gasteiger partial charge in [-0.15, -0.1) is 0 Å². The summed E-state index contributed by atoms with van der Waals surface area (Å²) in [6.45, 7) is 8.36. The number of carbonyl (C=O) groups is 1. The Hall–Kier alpha value is -2.30. The number of rotatable bonds is 9. The lowest BCUT2D eigenvalue weighted by atomic mass is 10.0. The normalized spacial score (nSPS) is 12.4. The van der Waals surface area contributed by atoms with Crippen molar-refractivity contribution in [3.8, 4) is 5.75 Å². The smallest absolute Gasteiger partial charge is 0.336 e. The molecule has 5 nitrogen and oxygen atoms in total. The minimum Gasteiger partial charge on any atom is -0.496 e. The van der Waals surface area contributed by atoms with Crippen LogP contribution in [0.5, 0.6) is 5.75 Å². The predicted molar refractivity (Wildman–Crippen MR) is 108 cm³/mol. The maximum Gasteiger partial charge on any atom is 0.336 e. The molecule has 0 aliphatic rings. The number of hydrogen-bond donors (Lipinski definition) is 1. The molecule has 1 heterocycles. The number of aryl methyl sites for hydroxylation is 2. The number of benzene rings is 1. The molecule has 0 fully saturated rings. The van der Waals surface area contributed by atoms with Crippen molar-refractivity contribution in [3.63, 3.8) is 0 Å². The molecule has 148 valence electrons. The molecule has 0 saturated carbocycles. The summed E-state index contributed by atoms with van der Waals surface area (Å²) in [5, 5.41) is 3.95. The predicted octanol–water partition coefficient (Wildman–Crippen LogP) is 4.37. The monoisotopic (exact) mass is 373 g/mol. The Morgan fingerprint density at radius 2 is 1.93 bits per heavy atom. The number of fused-ring (bicyclic) bond motifs is 1. The van der Waals surface area contributed by atoms with E-state index in [2.05, 4.69) is 26.1 Å². The lowest BCUT2D eigenvalue weighted by Gasteiger charge is -2.15. The zero-order valence-corrected chi connectivity index (χ0v) is 17.1. The second-order valence-corrected chi connectivity index (χ2v) is 7.70. The number of amides is 1. The Labute approximate surface area is 161 Å². The summed E-state index contributed by atoms with van der Waals surface area (Å²) in [4.78, 5) is 23.8. The molecule has 1 aromatic heterocycles. The maximum atomic E-state index is 12.3. The largest absolute Gasteiger partial charge is 0.496 e. The van der Waals surface area contributed by atoms with E-state index in [4.69, 9.17) is 9.15 Å². The first-order valence-electron chi connectivity index (χ1n) is 9.71. The van der Waals surface area contributed by atoms with Gasteiger partial charge in [-0.25, -0.2) is 4.79 Å². The minimum atomic E-state index is -0.374. The van der Waals surface area contributed by atoms with E-state index in [1.807, 2.05) is 13.0 Å². The molecule has 2 aromatic rings. The molecule has 27 heavy (non-hydrogen) atoms. The number of methoxy groups -OCH3 is 1. The van der Waals surface area contributed by atoms with Gasteiger partial charge in [-0.2, -0.15) is 0 Å². The van der Waals surface area contributed by atoms with Crippen LogP contribution in [0.3, 0.4) is 0 Å². The van der Waals surface area contributed by atoms with Crippen LogP contribution in [0, 0.1) is 12.8 Å². The van der Waals surface area contributed by atoms with Gasteiger partial charge < -0.3 is 14.5 Å². The fourth-order valence-corrected chi connectivity index (χ4v) is 3.28. The summed E-state index contributed by atoms with van der Waals surface area (Å²) < 4.78 is 10.7. The Morgan fingerprint density at radius 1 is 1.19 bits per heavy atom. The third-order valence-corrected chi connectivity index (χ3v) is 4.80. The third kappa shape index (κ3) is 6.12. The zero-order valence-electron chi connectivity index (χ0n) is 17.1. The van der Waals surface area contributed by atoms with Crippen molar-refractivity contribution in [2.24, 2.45) is 5.92 Å². The van der Waals surface area contributed by atoms with Gasteiger partial charge in [-0.3, -0.25) is 4.79 Å². The van der Waals surface area contributed by atoms with Crippen molar-refractivity contribution in [1.82, 2.24) is 5.32 Å². The molecule has 1 unspecified atom stereocenters. The van der Waals surface area contributed by atoms with Gasteiger partial charge in [0.2, 0.25) is 5.91 Å². The summed E-state index contributed by atoms with van der Waals surface area (Å²) in [5.41, 5.74) is 1.92.